The van der Waals surface area contributed by atoms with Gasteiger partial charge < -0.3 is 10.6 Å². The van der Waals surface area contributed by atoms with Crippen molar-refractivity contribution in [2.75, 3.05) is 20.6 Å². The lowest BCUT2D eigenvalue weighted by Crippen LogP contribution is -2.28. The predicted octanol–water partition coefficient (Wildman–Crippen LogP) is 2.09. The molecule has 0 fully saturated rings. The lowest BCUT2D eigenvalue weighted by Gasteiger charge is -2.21. The lowest BCUT2D eigenvalue weighted by atomic mass is 9.94. The maximum absolute atomic E-state index is 3.36. The molecule has 0 aromatic heterocycles. The second-order valence-corrected chi connectivity index (χ2v) is 4.21. The van der Waals surface area contributed by atoms with Crippen molar-refractivity contribution in [3.05, 3.63) is 34.4 Å². The van der Waals surface area contributed by atoms with Crippen LogP contribution >= 0.6 is 0 Å². The molecular formula is C13H22N2. The fourth-order valence-electron chi connectivity index (χ4n) is 2.29. The minimum atomic E-state index is 0.399. The van der Waals surface area contributed by atoms with Gasteiger partial charge in [0, 0.05) is 12.6 Å². The highest BCUT2D eigenvalue weighted by Gasteiger charge is 2.13. The molecule has 0 aliphatic heterocycles. The minimum absolute atomic E-state index is 0.399. The summed E-state index contributed by atoms with van der Waals surface area (Å²) in [7, 11) is 4.00. The molecule has 0 saturated heterocycles. The third-order valence-corrected chi connectivity index (χ3v) is 2.84. The Morgan fingerprint density at radius 2 is 1.60 bits per heavy atom. The van der Waals surface area contributed by atoms with Crippen LogP contribution in [0.2, 0.25) is 0 Å². The van der Waals surface area contributed by atoms with Gasteiger partial charge >= 0.3 is 0 Å². The molecule has 15 heavy (non-hydrogen) atoms. The van der Waals surface area contributed by atoms with Crippen molar-refractivity contribution in [3.63, 3.8) is 0 Å². The average Bonchev–Trinajstić information content (AvgIpc) is 2.14. The average molecular weight is 206 g/mol. The van der Waals surface area contributed by atoms with E-state index >= 15 is 0 Å². The first-order valence-electron chi connectivity index (χ1n) is 5.49. The summed E-state index contributed by atoms with van der Waals surface area (Å²) in [4.78, 5) is 0. The van der Waals surface area contributed by atoms with Crippen LogP contribution in [-0.2, 0) is 0 Å². The largest absolute Gasteiger partial charge is 0.318 e. The first-order chi connectivity index (χ1) is 7.10. The first-order valence-corrected chi connectivity index (χ1v) is 5.49. The van der Waals surface area contributed by atoms with E-state index in [-0.39, 0.29) is 0 Å². The van der Waals surface area contributed by atoms with E-state index in [9.17, 15) is 0 Å². The van der Waals surface area contributed by atoms with Gasteiger partial charge in [-0.05, 0) is 51.6 Å². The van der Waals surface area contributed by atoms with Crippen LogP contribution in [0.3, 0.4) is 0 Å². The van der Waals surface area contributed by atoms with Gasteiger partial charge in [-0.15, -0.1) is 0 Å². The highest BCUT2D eigenvalue weighted by molar-refractivity contribution is 5.39. The van der Waals surface area contributed by atoms with Crippen molar-refractivity contribution < 1.29 is 0 Å². The second-order valence-electron chi connectivity index (χ2n) is 4.21. The Balaban J connectivity index is 3.11. The quantitative estimate of drug-likeness (QED) is 0.788. The lowest BCUT2D eigenvalue weighted by molar-refractivity contribution is 0.553. The Labute approximate surface area is 93.1 Å². The monoisotopic (exact) mass is 206 g/mol. The first kappa shape index (κ1) is 12.2. The van der Waals surface area contributed by atoms with Crippen molar-refractivity contribution >= 4 is 0 Å². The molecule has 0 spiro atoms. The van der Waals surface area contributed by atoms with Crippen LogP contribution in [0.5, 0.6) is 0 Å². The van der Waals surface area contributed by atoms with Crippen molar-refractivity contribution in [3.8, 4) is 0 Å². The Morgan fingerprint density at radius 3 is 2.00 bits per heavy atom. The van der Waals surface area contributed by atoms with Gasteiger partial charge in [-0.1, -0.05) is 17.7 Å². The number of rotatable bonds is 4. The summed E-state index contributed by atoms with van der Waals surface area (Å²) in [6.45, 7) is 7.49. The SMILES string of the molecule is CNCC(NC)c1c(C)cc(C)cc1C. The molecule has 0 radical (unpaired) electrons. The molecule has 2 N–H and O–H groups in total. The highest BCUT2D eigenvalue weighted by Crippen LogP contribution is 2.22. The molecule has 2 nitrogen and oxygen atoms in total. The van der Waals surface area contributed by atoms with Crippen molar-refractivity contribution in [2.24, 2.45) is 0 Å². The van der Waals surface area contributed by atoms with Crippen molar-refractivity contribution in [2.45, 2.75) is 26.8 Å². The van der Waals surface area contributed by atoms with Crippen molar-refractivity contribution in [1.29, 1.82) is 0 Å². The molecule has 0 saturated carbocycles. The van der Waals surface area contributed by atoms with Gasteiger partial charge in [-0.25, -0.2) is 0 Å². The van der Waals surface area contributed by atoms with E-state index in [0.717, 1.165) is 6.54 Å². The molecule has 1 aromatic carbocycles. The van der Waals surface area contributed by atoms with E-state index in [1.54, 1.807) is 0 Å². The topological polar surface area (TPSA) is 24.1 Å². The molecule has 0 amide bonds. The van der Waals surface area contributed by atoms with Gasteiger partial charge in [0.25, 0.3) is 0 Å². The van der Waals surface area contributed by atoms with Gasteiger partial charge in [-0.2, -0.15) is 0 Å². The smallest absolute Gasteiger partial charge is 0.0449 e. The molecule has 0 aliphatic carbocycles. The van der Waals surface area contributed by atoms with Gasteiger partial charge in [0.15, 0.2) is 0 Å². The van der Waals surface area contributed by atoms with Gasteiger partial charge in [-0.3, -0.25) is 0 Å². The molecule has 1 aromatic rings. The number of likely N-dealkylation sites (N-methyl/N-ethyl adjacent to an activating group) is 2. The van der Waals surface area contributed by atoms with E-state index in [4.69, 9.17) is 0 Å². The third-order valence-electron chi connectivity index (χ3n) is 2.84. The van der Waals surface area contributed by atoms with E-state index in [1.165, 1.54) is 22.3 Å². The minimum Gasteiger partial charge on any atom is -0.318 e. The fraction of sp³-hybridized carbons (Fsp3) is 0.538. The Morgan fingerprint density at radius 1 is 1.07 bits per heavy atom. The predicted molar refractivity (Wildman–Crippen MR) is 66.4 cm³/mol. The van der Waals surface area contributed by atoms with Crippen LogP contribution in [0.25, 0.3) is 0 Å². The Bertz CT molecular complexity index is 308. The molecule has 2 heteroatoms. The zero-order chi connectivity index (χ0) is 11.4. The maximum Gasteiger partial charge on any atom is 0.0449 e. The van der Waals surface area contributed by atoms with E-state index < -0.39 is 0 Å². The van der Waals surface area contributed by atoms with Crippen LogP contribution in [0.15, 0.2) is 12.1 Å². The Kier molecular flexibility index (Phi) is 4.30. The zero-order valence-corrected chi connectivity index (χ0v) is 10.4. The summed E-state index contributed by atoms with van der Waals surface area (Å²) >= 11 is 0. The molecule has 84 valence electrons. The summed E-state index contributed by atoms with van der Waals surface area (Å²) in [5, 5.41) is 6.58. The molecule has 0 aliphatic rings. The fourth-order valence-corrected chi connectivity index (χ4v) is 2.29. The summed E-state index contributed by atoms with van der Waals surface area (Å²) in [6.07, 6.45) is 0. The summed E-state index contributed by atoms with van der Waals surface area (Å²) in [6, 6.07) is 4.90. The summed E-state index contributed by atoms with van der Waals surface area (Å²) < 4.78 is 0. The van der Waals surface area contributed by atoms with Crippen LogP contribution in [0, 0.1) is 20.8 Å². The molecule has 1 atom stereocenters. The highest BCUT2D eigenvalue weighted by atomic mass is 14.9. The molecule has 0 bridgehead atoms. The molecule has 0 heterocycles. The maximum atomic E-state index is 3.36. The number of nitrogens with one attached hydrogen (secondary N) is 2. The molecular weight excluding hydrogens is 184 g/mol. The van der Waals surface area contributed by atoms with Gasteiger partial charge in [0.05, 0.1) is 0 Å². The van der Waals surface area contributed by atoms with Gasteiger partial charge in [0.2, 0.25) is 0 Å². The number of hydrogen-bond acceptors (Lipinski definition) is 2. The second kappa shape index (κ2) is 5.29. The van der Waals surface area contributed by atoms with Crippen LogP contribution in [0.4, 0.5) is 0 Å². The zero-order valence-electron chi connectivity index (χ0n) is 10.4. The standard InChI is InChI=1S/C13H22N2/c1-9-6-10(2)13(11(3)7-9)12(15-5)8-14-4/h6-7,12,14-15H,8H2,1-5H3. The molecule has 1 rings (SSSR count). The van der Waals surface area contributed by atoms with Crippen LogP contribution in [0.1, 0.15) is 28.3 Å². The normalized spacial score (nSPS) is 12.9. The number of hydrogen-bond donors (Lipinski definition) is 2. The van der Waals surface area contributed by atoms with Gasteiger partial charge in [0.1, 0.15) is 0 Å². The van der Waals surface area contributed by atoms with Crippen molar-refractivity contribution in [1.82, 2.24) is 10.6 Å². The number of aryl methyl sites for hydroxylation is 3. The summed E-state index contributed by atoms with van der Waals surface area (Å²) in [5.74, 6) is 0. The van der Waals surface area contributed by atoms with E-state index in [0.29, 0.717) is 6.04 Å². The van der Waals surface area contributed by atoms with E-state index in [2.05, 4.69) is 43.5 Å². The summed E-state index contributed by atoms with van der Waals surface area (Å²) in [5.41, 5.74) is 5.52. The van der Waals surface area contributed by atoms with Crippen LogP contribution in [-0.4, -0.2) is 20.6 Å². The third kappa shape index (κ3) is 2.80. The number of benzene rings is 1. The Hall–Kier alpha value is -0.860. The van der Waals surface area contributed by atoms with Crippen LogP contribution < -0.4 is 10.6 Å². The van der Waals surface area contributed by atoms with E-state index in [1.807, 2.05) is 14.1 Å². The molecule has 1 unspecified atom stereocenters.